The fraction of sp³-hybridized carbons (Fsp3) is 0.818. The second-order valence-corrected chi connectivity index (χ2v) is 7.36. The van der Waals surface area contributed by atoms with E-state index in [0.29, 0.717) is 18.3 Å². The minimum atomic E-state index is -3.41. The largest absolute Gasteiger partial charge is 0.392 e. The maximum atomic E-state index is 12.0. The fourth-order valence-corrected chi connectivity index (χ4v) is 2.96. The van der Waals surface area contributed by atoms with Crippen molar-refractivity contribution >= 4 is 9.84 Å². The summed E-state index contributed by atoms with van der Waals surface area (Å²) in [7, 11) is -3.41. The van der Waals surface area contributed by atoms with Crippen LogP contribution in [-0.4, -0.2) is 39.6 Å². The Morgan fingerprint density at radius 3 is 2.44 bits per heavy atom. The average molecular weight is 275 g/mol. The van der Waals surface area contributed by atoms with Crippen molar-refractivity contribution in [3.8, 4) is 0 Å². The molecule has 0 saturated heterocycles. The van der Waals surface area contributed by atoms with E-state index >= 15 is 0 Å². The van der Waals surface area contributed by atoms with Gasteiger partial charge in [-0.15, -0.1) is 0 Å². The topological polar surface area (TPSA) is 85.1 Å². The highest BCUT2D eigenvalue weighted by molar-refractivity contribution is 7.91. The molecule has 0 fully saturated rings. The second kappa shape index (κ2) is 5.79. The number of aromatic nitrogens is 3. The molecule has 2 atom stereocenters. The van der Waals surface area contributed by atoms with Crippen molar-refractivity contribution in [3.63, 3.8) is 0 Å². The zero-order valence-corrected chi connectivity index (χ0v) is 12.1. The molecular formula is C11H21N3O3S. The number of aliphatic hydroxyl groups is 1. The molecule has 1 aromatic rings. The Kier molecular flexibility index (Phi) is 4.86. The van der Waals surface area contributed by atoms with Gasteiger partial charge in [0.05, 0.1) is 11.4 Å². The van der Waals surface area contributed by atoms with E-state index in [0.717, 1.165) is 0 Å². The normalized spacial score (nSPS) is 15.9. The van der Waals surface area contributed by atoms with Gasteiger partial charge in [-0.2, -0.15) is 5.10 Å². The maximum Gasteiger partial charge on any atom is 0.162 e. The molecule has 0 aliphatic rings. The number of aliphatic hydroxyl groups excluding tert-OH is 1. The quantitative estimate of drug-likeness (QED) is 0.822. The van der Waals surface area contributed by atoms with Crippen LogP contribution in [0, 0.1) is 5.92 Å². The molecule has 6 nitrogen and oxygen atoms in total. The predicted molar refractivity (Wildman–Crippen MR) is 68.6 cm³/mol. The lowest BCUT2D eigenvalue weighted by molar-refractivity contribution is 0.192. The van der Waals surface area contributed by atoms with E-state index in [-0.39, 0.29) is 5.75 Å². The van der Waals surface area contributed by atoms with E-state index in [1.54, 1.807) is 4.68 Å². The van der Waals surface area contributed by atoms with Gasteiger partial charge >= 0.3 is 0 Å². The van der Waals surface area contributed by atoms with E-state index < -0.39 is 21.2 Å². The molecular weight excluding hydrogens is 254 g/mol. The van der Waals surface area contributed by atoms with Crippen molar-refractivity contribution in [1.29, 1.82) is 0 Å². The smallest absolute Gasteiger partial charge is 0.162 e. The molecule has 7 heteroatoms. The van der Waals surface area contributed by atoms with Crippen molar-refractivity contribution < 1.29 is 13.5 Å². The summed E-state index contributed by atoms with van der Waals surface area (Å²) in [4.78, 5) is 3.99. The highest BCUT2D eigenvalue weighted by Gasteiger charge is 2.27. The molecule has 0 aliphatic heterocycles. The molecule has 1 rings (SSSR count). The third kappa shape index (κ3) is 3.78. The molecule has 0 saturated carbocycles. The Morgan fingerprint density at radius 2 is 1.94 bits per heavy atom. The van der Waals surface area contributed by atoms with Crippen LogP contribution in [0.5, 0.6) is 0 Å². The highest BCUT2D eigenvalue weighted by atomic mass is 32.2. The fourth-order valence-electron chi connectivity index (χ4n) is 1.51. The van der Waals surface area contributed by atoms with Crippen LogP contribution < -0.4 is 0 Å². The molecule has 1 N–H and O–H groups in total. The number of sulfone groups is 1. The van der Waals surface area contributed by atoms with Gasteiger partial charge in [0.15, 0.2) is 9.84 Å². The first kappa shape index (κ1) is 15.1. The molecule has 0 aliphatic carbocycles. The van der Waals surface area contributed by atoms with Crippen molar-refractivity contribution in [2.75, 3.05) is 0 Å². The minimum absolute atomic E-state index is 0.189. The molecule has 18 heavy (non-hydrogen) atoms. The maximum absolute atomic E-state index is 12.0. The standard InChI is InChI=1S/C11H21N3O3S/c1-8(2)5-14-11(12-7-13-14)6-18(16,17)10(4)9(3)15/h7-10,15H,5-6H2,1-4H3. The molecule has 1 aromatic heterocycles. The van der Waals surface area contributed by atoms with Crippen molar-refractivity contribution in [2.24, 2.45) is 5.92 Å². The SMILES string of the molecule is CC(C)Cn1ncnc1CS(=O)(=O)C(C)C(C)O. The predicted octanol–water partition coefficient (Wildman–Crippen LogP) is 0.618. The van der Waals surface area contributed by atoms with Crippen LogP contribution in [0.3, 0.4) is 0 Å². The van der Waals surface area contributed by atoms with Crippen molar-refractivity contribution in [1.82, 2.24) is 14.8 Å². The number of hydrogen-bond acceptors (Lipinski definition) is 5. The van der Waals surface area contributed by atoms with E-state index in [4.69, 9.17) is 0 Å². The minimum Gasteiger partial charge on any atom is -0.392 e. The summed E-state index contributed by atoms with van der Waals surface area (Å²) in [5.74, 6) is 0.602. The summed E-state index contributed by atoms with van der Waals surface area (Å²) in [5, 5.41) is 12.6. The third-order valence-corrected chi connectivity index (χ3v) is 5.00. The van der Waals surface area contributed by atoms with Gasteiger partial charge in [-0.1, -0.05) is 13.8 Å². The molecule has 0 aromatic carbocycles. The van der Waals surface area contributed by atoms with E-state index in [1.807, 2.05) is 13.8 Å². The Hall–Kier alpha value is -0.950. The zero-order valence-electron chi connectivity index (χ0n) is 11.2. The van der Waals surface area contributed by atoms with Gasteiger partial charge < -0.3 is 5.11 Å². The van der Waals surface area contributed by atoms with Crippen LogP contribution in [0.25, 0.3) is 0 Å². The van der Waals surface area contributed by atoms with E-state index in [9.17, 15) is 13.5 Å². The molecule has 0 spiro atoms. The van der Waals surface area contributed by atoms with Crippen molar-refractivity contribution in [3.05, 3.63) is 12.2 Å². The molecule has 1 heterocycles. The first-order valence-electron chi connectivity index (χ1n) is 6.00. The van der Waals surface area contributed by atoms with Crippen LogP contribution >= 0.6 is 0 Å². The second-order valence-electron chi connectivity index (χ2n) is 5.01. The van der Waals surface area contributed by atoms with Crippen LogP contribution in [0.4, 0.5) is 0 Å². The zero-order chi connectivity index (χ0) is 13.9. The van der Waals surface area contributed by atoms with Gasteiger partial charge in [0.1, 0.15) is 17.9 Å². The van der Waals surface area contributed by atoms with Crippen LogP contribution in [-0.2, 0) is 22.1 Å². The molecule has 2 unspecified atom stereocenters. The Balaban J connectivity index is 2.88. The Labute approximate surface area is 108 Å². The molecule has 104 valence electrons. The van der Waals surface area contributed by atoms with E-state index in [2.05, 4.69) is 10.1 Å². The summed E-state index contributed by atoms with van der Waals surface area (Å²) in [6.45, 7) is 7.66. The molecule has 0 radical (unpaired) electrons. The highest BCUT2D eigenvalue weighted by Crippen LogP contribution is 2.13. The van der Waals surface area contributed by atoms with Gasteiger partial charge in [-0.3, -0.25) is 0 Å². The first-order valence-corrected chi connectivity index (χ1v) is 7.72. The van der Waals surface area contributed by atoms with Crippen LogP contribution in [0.2, 0.25) is 0 Å². The van der Waals surface area contributed by atoms with E-state index in [1.165, 1.54) is 20.2 Å². The Bertz CT molecular complexity index is 479. The molecule has 0 amide bonds. The summed E-state index contributed by atoms with van der Waals surface area (Å²) >= 11 is 0. The van der Waals surface area contributed by atoms with Crippen molar-refractivity contribution in [2.45, 2.75) is 51.3 Å². The van der Waals surface area contributed by atoms with Gasteiger partial charge in [0, 0.05) is 6.54 Å². The monoisotopic (exact) mass is 275 g/mol. The first-order chi connectivity index (χ1) is 8.24. The number of nitrogens with zero attached hydrogens (tertiary/aromatic N) is 3. The lowest BCUT2D eigenvalue weighted by Crippen LogP contribution is -2.31. The summed E-state index contributed by atoms with van der Waals surface area (Å²) in [5.41, 5.74) is 0. The van der Waals surface area contributed by atoms with Crippen LogP contribution in [0.15, 0.2) is 6.33 Å². The number of rotatable bonds is 6. The van der Waals surface area contributed by atoms with Gasteiger partial charge in [-0.25, -0.2) is 18.1 Å². The Morgan fingerprint density at radius 1 is 1.33 bits per heavy atom. The lowest BCUT2D eigenvalue weighted by Gasteiger charge is -2.15. The van der Waals surface area contributed by atoms with Gasteiger partial charge in [0.25, 0.3) is 0 Å². The average Bonchev–Trinajstić information content (AvgIpc) is 2.62. The lowest BCUT2D eigenvalue weighted by atomic mass is 10.2. The summed E-state index contributed by atoms with van der Waals surface area (Å²) < 4.78 is 25.7. The van der Waals surface area contributed by atoms with Crippen LogP contribution in [0.1, 0.15) is 33.5 Å². The van der Waals surface area contributed by atoms with Gasteiger partial charge in [0.2, 0.25) is 0 Å². The third-order valence-electron chi connectivity index (χ3n) is 2.81. The summed E-state index contributed by atoms with van der Waals surface area (Å²) in [6.07, 6.45) is 0.469. The molecule has 0 bridgehead atoms. The summed E-state index contributed by atoms with van der Waals surface area (Å²) in [6, 6.07) is 0. The number of hydrogen-bond donors (Lipinski definition) is 1. The van der Waals surface area contributed by atoms with Gasteiger partial charge in [-0.05, 0) is 19.8 Å².